The minimum atomic E-state index is -1.13. The molecule has 10 heteroatoms. The molecule has 0 heterocycles. The van der Waals surface area contributed by atoms with E-state index in [1.165, 1.54) is 37.0 Å². The number of carbonyl (C=O) groups excluding carboxylic acids is 3. The molecule has 0 spiro atoms. The Labute approximate surface area is 245 Å². The second-order valence-electron chi connectivity index (χ2n) is 12.3. The molecular weight excluding hydrogens is 526 g/mol. The minimum absolute atomic E-state index is 0.104. The number of ether oxygens (including phenoxy) is 2. The Hall–Kier alpha value is -3.40. The standard InChI is InChI=1S/C31H49N3O7/c1-19(2)23(18-20(3)28(37)38)33(10)27(36)24(21(4)40-12)32-26(35)25(34(11)29(39)41-30(5,6)7)31(8,9)22-16-14-13-15-17-22/h13-19,21,23-25H,1-12H3,(H,32,35)(H,37,38)/t21?,23-,24+,25-/m1/s1. The Morgan fingerprint density at radius 1 is 0.951 bits per heavy atom. The summed E-state index contributed by atoms with van der Waals surface area (Å²) in [6.07, 6.45) is 0.105. The molecule has 1 rings (SSSR count). The number of carboxylic acids is 1. The van der Waals surface area contributed by atoms with Gasteiger partial charge in [0.05, 0.1) is 12.1 Å². The molecule has 4 atom stereocenters. The van der Waals surface area contributed by atoms with Crippen LogP contribution >= 0.6 is 0 Å². The molecular formula is C31H49N3O7. The van der Waals surface area contributed by atoms with Gasteiger partial charge in [-0.05, 0) is 46.1 Å². The van der Waals surface area contributed by atoms with Gasteiger partial charge in [-0.25, -0.2) is 9.59 Å². The molecule has 0 bridgehead atoms. The molecule has 1 aromatic carbocycles. The van der Waals surface area contributed by atoms with Crippen LogP contribution in [0.3, 0.4) is 0 Å². The van der Waals surface area contributed by atoms with Crippen molar-refractivity contribution < 1.29 is 33.8 Å². The SMILES string of the molecule is COC(C)[C@H](NC(=O)[C@@H](N(C)C(=O)OC(C)(C)C)C(C)(C)c1ccccc1)C(=O)N(C)[C@H](C=C(C)C(=O)O)C(C)C. The first-order chi connectivity index (χ1) is 18.8. The molecule has 3 amide bonds. The van der Waals surface area contributed by atoms with Gasteiger partial charge in [-0.1, -0.05) is 64.1 Å². The molecule has 0 saturated carbocycles. The Kier molecular flexibility index (Phi) is 12.6. The Balaban J connectivity index is 3.56. The van der Waals surface area contributed by atoms with E-state index in [0.717, 1.165) is 5.56 Å². The van der Waals surface area contributed by atoms with E-state index in [1.807, 2.05) is 58.0 Å². The van der Waals surface area contributed by atoms with Crippen molar-refractivity contribution >= 4 is 23.9 Å². The molecule has 41 heavy (non-hydrogen) atoms. The second-order valence-corrected chi connectivity index (χ2v) is 12.3. The number of benzene rings is 1. The topological polar surface area (TPSA) is 125 Å². The lowest BCUT2D eigenvalue weighted by Crippen LogP contribution is -2.63. The van der Waals surface area contributed by atoms with Crippen molar-refractivity contribution in [3.05, 3.63) is 47.5 Å². The lowest BCUT2D eigenvalue weighted by Gasteiger charge is -2.41. The zero-order valence-electron chi connectivity index (χ0n) is 26.6. The lowest BCUT2D eigenvalue weighted by atomic mass is 9.76. The Morgan fingerprint density at radius 3 is 1.93 bits per heavy atom. The van der Waals surface area contributed by atoms with Crippen LogP contribution in [0, 0.1) is 5.92 Å². The van der Waals surface area contributed by atoms with Crippen molar-refractivity contribution in [2.24, 2.45) is 5.92 Å². The Bertz CT molecular complexity index is 1090. The van der Waals surface area contributed by atoms with E-state index >= 15 is 0 Å². The maximum Gasteiger partial charge on any atom is 0.410 e. The van der Waals surface area contributed by atoms with E-state index < -0.39 is 59.1 Å². The highest BCUT2D eigenvalue weighted by molar-refractivity contribution is 5.93. The molecule has 1 aromatic rings. The van der Waals surface area contributed by atoms with Gasteiger partial charge in [0, 0.05) is 32.2 Å². The number of amides is 3. The van der Waals surface area contributed by atoms with Gasteiger partial charge in [0.25, 0.3) is 0 Å². The fourth-order valence-corrected chi connectivity index (χ4v) is 4.65. The van der Waals surface area contributed by atoms with E-state index in [4.69, 9.17) is 9.47 Å². The van der Waals surface area contributed by atoms with Crippen LogP contribution in [0.25, 0.3) is 0 Å². The smallest absolute Gasteiger partial charge is 0.410 e. The van der Waals surface area contributed by atoms with Crippen molar-refractivity contribution in [3.63, 3.8) is 0 Å². The molecule has 1 unspecified atom stereocenters. The van der Waals surface area contributed by atoms with E-state index in [2.05, 4.69) is 5.32 Å². The molecule has 0 saturated heterocycles. The molecule has 0 aliphatic carbocycles. The maximum absolute atomic E-state index is 14.1. The third-order valence-electron chi connectivity index (χ3n) is 7.16. The van der Waals surface area contributed by atoms with Crippen LogP contribution in [0.4, 0.5) is 4.79 Å². The number of carbonyl (C=O) groups is 4. The number of nitrogens with one attached hydrogen (secondary N) is 1. The average molecular weight is 576 g/mol. The van der Waals surface area contributed by atoms with Gasteiger partial charge in [-0.3, -0.25) is 14.5 Å². The normalized spacial score (nSPS) is 15.4. The van der Waals surface area contributed by atoms with Gasteiger partial charge in [0.2, 0.25) is 11.8 Å². The predicted molar refractivity (Wildman–Crippen MR) is 158 cm³/mol. The number of nitrogens with zero attached hydrogens (tertiary/aromatic N) is 2. The monoisotopic (exact) mass is 575 g/mol. The summed E-state index contributed by atoms with van der Waals surface area (Å²) in [7, 11) is 4.50. The van der Waals surface area contributed by atoms with Gasteiger partial charge in [-0.15, -0.1) is 0 Å². The third kappa shape index (κ3) is 9.59. The number of likely N-dealkylation sites (N-methyl/N-ethyl adjacent to an activating group) is 2. The largest absolute Gasteiger partial charge is 0.478 e. The first-order valence-corrected chi connectivity index (χ1v) is 13.8. The fraction of sp³-hybridized carbons (Fsp3) is 0.613. The molecule has 2 N–H and O–H groups in total. The highest BCUT2D eigenvalue weighted by Gasteiger charge is 2.45. The van der Waals surface area contributed by atoms with Crippen LogP contribution in [-0.4, -0.2) is 89.8 Å². The molecule has 0 aliphatic rings. The quantitative estimate of drug-likeness (QED) is 0.357. The maximum atomic E-state index is 14.1. The van der Waals surface area contributed by atoms with E-state index in [9.17, 15) is 24.3 Å². The molecule has 0 aromatic heterocycles. The fourth-order valence-electron chi connectivity index (χ4n) is 4.65. The Morgan fingerprint density at radius 2 is 1.49 bits per heavy atom. The molecule has 230 valence electrons. The lowest BCUT2D eigenvalue weighted by molar-refractivity contribution is -0.142. The van der Waals surface area contributed by atoms with Crippen molar-refractivity contribution in [3.8, 4) is 0 Å². The first kappa shape index (κ1) is 35.6. The molecule has 10 nitrogen and oxygen atoms in total. The number of hydrogen-bond donors (Lipinski definition) is 2. The predicted octanol–water partition coefficient (Wildman–Crippen LogP) is 4.23. The zero-order chi connectivity index (χ0) is 31.9. The first-order valence-electron chi connectivity index (χ1n) is 13.8. The molecule has 0 aliphatic heterocycles. The molecule has 0 radical (unpaired) electrons. The summed E-state index contributed by atoms with van der Waals surface area (Å²) in [6, 6.07) is 6.58. The van der Waals surface area contributed by atoms with Gasteiger partial charge in [0.15, 0.2) is 0 Å². The summed E-state index contributed by atoms with van der Waals surface area (Å²) in [6.45, 7) is 15.8. The average Bonchev–Trinajstić information content (AvgIpc) is 2.88. The highest BCUT2D eigenvalue weighted by atomic mass is 16.6. The number of carboxylic acid groups (broad SMARTS) is 1. The van der Waals surface area contributed by atoms with Crippen molar-refractivity contribution in [1.82, 2.24) is 15.1 Å². The van der Waals surface area contributed by atoms with Crippen molar-refractivity contribution in [2.45, 2.75) is 97.6 Å². The van der Waals surface area contributed by atoms with Gasteiger partial charge in [-0.2, -0.15) is 0 Å². The van der Waals surface area contributed by atoms with Crippen LogP contribution < -0.4 is 5.32 Å². The van der Waals surface area contributed by atoms with Crippen molar-refractivity contribution in [1.29, 1.82) is 0 Å². The van der Waals surface area contributed by atoms with Crippen LogP contribution in [0.2, 0.25) is 0 Å². The summed E-state index contributed by atoms with van der Waals surface area (Å²) >= 11 is 0. The number of hydrogen-bond acceptors (Lipinski definition) is 6. The van der Waals surface area contributed by atoms with E-state index in [0.29, 0.717) is 0 Å². The van der Waals surface area contributed by atoms with Crippen LogP contribution in [-0.2, 0) is 29.3 Å². The van der Waals surface area contributed by atoms with Crippen molar-refractivity contribution in [2.75, 3.05) is 21.2 Å². The summed E-state index contributed by atoms with van der Waals surface area (Å²) in [5.41, 5.74) is -0.770. The zero-order valence-corrected chi connectivity index (χ0v) is 26.6. The van der Waals surface area contributed by atoms with Gasteiger partial charge in [0.1, 0.15) is 17.7 Å². The summed E-state index contributed by atoms with van der Waals surface area (Å²) in [5.74, 6) is -2.23. The van der Waals surface area contributed by atoms with E-state index in [1.54, 1.807) is 34.7 Å². The third-order valence-corrected chi connectivity index (χ3v) is 7.16. The number of rotatable bonds is 12. The summed E-state index contributed by atoms with van der Waals surface area (Å²) in [4.78, 5) is 55.3. The summed E-state index contributed by atoms with van der Waals surface area (Å²) in [5, 5.41) is 12.2. The molecule has 0 fully saturated rings. The number of aliphatic carboxylic acids is 1. The van der Waals surface area contributed by atoms with Crippen LogP contribution in [0.1, 0.15) is 67.9 Å². The second kappa shape index (κ2) is 14.5. The van der Waals surface area contributed by atoms with E-state index in [-0.39, 0.29) is 11.5 Å². The highest BCUT2D eigenvalue weighted by Crippen LogP contribution is 2.31. The van der Waals surface area contributed by atoms with Gasteiger partial charge >= 0.3 is 12.1 Å². The van der Waals surface area contributed by atoms with Crippen LogP contribution in [0.15, 0.2) is 42.0 Å². The summed E-state index contributed by atoms with van der Waals surface area (Å²) < 4.78 is 11.1. The van der Waals surface area contributed by atoms with Gasteiger partial charge < -0.3 is 24.8 Å². The minimum Gasteiger partial charge on any atom is -0.478 e. The number of methoxy groups -OCH3 is 1. The van der Waals surface area contributed by atoms with Crippen LogP contribution in [0.5, 0.6) is 0 Å².